The molecule has 0 saturated heterocycles. The lowest BCUT2D eigenvalue weighted by atomic mass is 9.86. The van der Waals surface area contributed by atoms with Crippen LogP contribution in [-0.2, 0) is 9.59 Å². The number of carbonyl (C=O) groups is 2. The van der Waals surface area contributed by atoms with Crippen LogP contribution in [-0.4, -0.2) is 12.1 Å². The maximum atomic E-state index is 11.6. The molecule has 2 nitrogen and oxygen atoms in total. The molecule has 1 aliphatic rings. The highest BCUT2D eigenvalue weighted by atomic mass is 16.1. The number of hydrogen-bond donors (Lipinski definition) is 0. The zero-order chi connectivity index (χ0) is 10.2. The Hall–Kier alpha value is -0.920. The molecular formula is C12H18O2. The van der Waals surface area contributed by atoms with Crippen molar-refractivity contribution in [1.82, 2.24) is 0 Å². The van der Waals surface area contributed by atoms with E-state index in [2.05, 4.69) is 0 Å². The lowest BCUT2D eigenvalue weighted by Gasteiger charge is -2.18. The Morgan fingerprint density at radius 3 is 2.50 bits per heavy atom. The van der Waals surface area contributed by atoms with E-state index in [0.29, 0.717) is 12.8 Å². The van der Waals surface area contributed by atoms with Crippen LogP contribution in [0.5, 0.6) is 0 Å². The highest BCUT2D eigenvalue weighted by Gasteiger charge is 2.18. The first-order valence-corrected chi connectivity index (χ1v) is 5.48. The average molecular weight is 194 g/mol. The van der Waals surface area contributed by atoms with Gasteiger partial charge in [-0.3, -0.25) is 4.79 Å². The van der Waals surface area contributed by atoms with Gasteiger partial charge in [-0.2, -0.15) is 0 Å². The normalized spacial score (nSPS) is 18.6. The fourth-order valence-corrected chi connectivity index (χ4v) is 1.89. The van der Waals surface area contributed by atoms with E-state index in [-0.39, 0.29) is 11.7 Å². The number of ketones is 1. The Kier molecular flexibility index (Phi) is 5.20. The molecule has 0 heterocycles. The molecule has 2 heteroatoms. The fourth-order valence-electron chi connectivity index (χ4n) is 1.89. The molecule has 0 atom stereocenters. The Labute approximate surface area is 85.4 Å². The lowest BCUT2D eigenvalue weighted by molar-refractivity contribution is -0.119. The van der Waals surface area contributed by atoms with Crippen LogP contribution < -0.4 is 0 Å². The van der Waals surface area contributed by atoms with Crippen LogP contribution in [0.4, 0.5) is 0 Å². The predicted molar refractivity (Wildman–Crippen MR) is 56.0 cm³/mol. The molecule has 1 saturated carbocycles. The van der Waals surface area contributed by atoms with Gasteiger partial charge in [-0.25, -0.2) is 0 Å². The minimum atomic E-state index is 0.260. The second kappa shape index (κ2) is 6.52. The van der Waals surface area contributed by atoms with Gasteiger partial charge in [0.15, 0.2) is 5.78 Å². The summed E-state index contributed by atoms with van der Waals surface area (Å²) < 4.78 is 0. The first kappa shape index (κ1) is 11.2. The molecule has 0 aromatic carbocycles. The number of hydrogen-bond acceptors (Lipinski definition) is 2. The number of carbonyl (C=O) groups excluding carboxylic acids is 2. The molecule has 0 spiro atoms. The van der Waals surface area contributed by atoms with E-state index in [4.69, 9.17) is 0 Å². The van der Waals surface area contributed by atoms with Gasteiger partial charge in [0.05, 0.1) is 0 Å². The monoisotopic (exact) mass is 194 g/mol. The van der Waals surface area contributed by atoms with Gasteiger partial charge in [0, 0.05) is 12.3 Å². The van der Waals surface area contributed by atoms with Gasteiger partial charge in [0.25, 0.3) is 0 Å². The number of allylic oxidation sites excluding steroid dienone is 2. The molecule has 0 radical (unpaired) electrons. The molecule has 0 aliphatic heterocycles. The van der Waals surface area contributed by atoms with Crippen LogP contribution in [0, 0.1) is 5.92 Å². The largest absolute Gasteiger partial charge is 0.303 e. The van der Waals surface area contributed by atoms with Gasteiger partial charge in [0.1, 0.15) is 6.29 Å². The van der Waals surface area contributed by atoms with Crippen molar-refractivity contribution in [2.24, 2.45) is 5.92 Å². The molecule has 78 valence electrons. The average Bonchev–Trinajstić information content (AvgIpc) is 2.25. The summed E-state index contributed by atoms with van der Waals surface area (Å²) >= 11 is 0. The van der Waals surface area contributed by atoms with Crippen molar-refractivity contribution in [2.75, 3.05) is 0 Å². The fraction of sp³-hybridized carbons (Fsp3) is 0.667. The lowest BCUT2D eigenvalue weighted by Crippen LogP contribution is -2.15. The zero-order valence-electron chi connectivity index (χ0n) is 8.58. The number of unbranched alkanes of at least 4 members (excludes halogenated alkanes) is 1. The Balaban J connectivity index is 2.25. The third-order valence-corrected chi connectivity index (χ3v) is 2.74. The van der Waals surface area contributed by atoms with E-state index >= 15 is 0 Å². The first-order chi connectivity index (χ1) is 6.84. The summed E-state index contributed by atoms with van der Waals surface area (Å²) in [5.41, 5.74) is 0. The van der Waals surface area contributed by atoms with Crippen LogP contribution in [0.1, 0.15) is 44.9 Å². The topological polar surface area (TPSA) is 34.1 Å². The molecule has 1 aliphatic carbocycles. The summed E-state index contributed by atoms with van der Waals surface area (Å²) in [6.45, 7) is 0. The maximum Gasteiger partial charge on any atom is 0.158 e. The molecule has 1 fully saturated rings. The summed E-state index contributed by atoms with van der Waals surface area (Å²) in [5.74, 6) is 0.520. The summed E-state index contributed by atoms with van der Waals surface area (Å²) in [7, 11) is 0. The summed E-state index contributed by atoms with van der Waals surface area (Å²) in [4.78, 5) is 21.6. The van der Waals surface area contributed by atoms with E-state index in [1.54, 1.807) is 6.08 Å². The smallest absolute Gasteiger partial charge is 0.158 e. The van der Waals surface area contributed by atoms with Crippen LogP contribution in [0.2, 0.25) is 0 Å². The summed E-state index contributed by atoms with van der Waals surface area (Å²) in [5, 5.41) is 0. The van der Waals surface area contributed by atoms with Crippen molar-refractivity contribution in [3.63, 3.8) is 0 Å². The molecule has 0 aromatic rings. The van der Waals surface area contributed by atoms with Gasteiger partial charge in [0.2, 0.25) is 0 Å². The Morgan fingerprint density at radius 2 is 1.86 bits per heavy atom. The van der Waals surface area contributed by atoms with Gasteiger partial charge >= 0.3 is 0 Å². The Morgan fingerprint density at radius 1 is 1.14 bits per heavy atom. The molecule has 14 heavy (non-hydrogen) atoms. The summed E-state index contributed by atoms with van der Waals surface area (Å²) in [6.07, 6.45) is 11.4. The van der Waals surface area contributed by atoms with Crippen molar-refractivity contribution < 1.29 is 9.59 Å². The minimum absolute atomic E-state index is 0.260. The quantitative estimate of drug-likeness (QED) is 0.383. The van der Waals surface area contributed by atoms with Gasteiger partial charge < -0.3 is 4.79 Å². The third kappa shape index (κ3) is 3.86. The van der Waals surface area contributed by atoms with Gasteiger partial charge in [-0.05, 0) is 25.3 Å². The zero-order valence-corrected chi connectivity index (χ0v) is 8.58. The predicted octanol–water partition coefficient (Wildman–Crippen LogP) is 2.67. The van der Waals surface area contributed by atoms with Crippen molar-refractivity contribution in [3.05, 3.63) is 12.2 Å². The van der Waals surface area contributed by atoms with Crippen LogP contribution in [0.25, 0.3) is 0 Å². The molecule has 0 unspecified atom stereocenters. The van der Waals surface area contributed by atoms with E-state index in [1.165, 1.54) is 19.3 Å². The SMILES string of the molecule is O=CCC/C=C/C(=O)C1CCCCC1. The van der Waals surface area contributed by atoms with Crippen molar-refractivity contribution in [3.8, 4) is 0 Å². The van der Waals surface area contributed by atoms with Crippen molar-refractivity contribution in [1.29, 1.82) is 0 Å². The molecule has 1 rings (SSSR count). The molecular weight excluding hydrogens is 176 g/mol. The second-order valence-electron chi connectivity index (χ2n) is 3.88. The van der Waals surface area contributed by atoms with E-state index in [0.717, 1.165) is 19.1 Å². The first-order valence-electron chi connectivity index (χ1n) is 5.48. The maximum absolute atomic E-state index is 11.6. The van der Waals surface area contributed by atoms with E-state index < -0.39 is 0 Å². The van der Waals surface area contributed by atoms with Crippen LogP contribution in [0.3, 0.4) is 0 Å². The molecule has 0 aromatic heterocycles. The highest BCUT2D eigenvalue weighted by molar-refractivity contribution is 5.91. The van der Waals surface area contributed by atoms with Crippen molar-refractivity contribution >= 4 is 12.1 Å². The third-order valence-electron chi connectivity index (χ3n) is 2.74. The van der Waals surface area contributed by atoms with Gasteiger partial charge in [-0.15, -0.1) is 0 Å². The Bertz CT molecular complexity index is 212. The second-order valence-corrected chi connectivity index (χ2v) is 3.88. The summed E-state index contributed by atoms with van der Waals surface area (Å²) in [6, 6.07) is 0. The van der Waals surface area contributed by atoms with E-state index in [1.807, 2.05) is 6.08 Å². The van der Waals surface area contributed by atoms with Gasteiger partial charge in [-0.1, -0.05) is 25.3 Å². The van der Waals surface area contributed by atoms with Crippen LogP contribution >= 0.6 is 0 Å². The van der Waals surface area contributed by atoms with E-state index in [9.17, 15) is 9.59 Å². The molecule has 0 bridgehead atoms. The molecule has 0 amide bonds. The van der Waals surface area contributed by atoms with Crippen LogP contribution in [0.15, 0.2) is 12.2 Å². The standard InChI is InChI=1S/C12H18O2/c13-10-6-2-5-9-12(14)11-7-3-1-4-8-11/h5,9-11H,1-4,6-8H2/b9-5+. The van der Waals surface area contributed by atoms with Crippen molar-refractivity contribution in [2.45, 2.75) is 44.9 Å². The number of rotatable bonds is 5. The molecule has 0 N–H and O–H groups in total. The number of aldehydes is 1. The highest BCUT2D eigenvalue weighted by Crippen LogP contribution is 2.24. The minimum Gasteiger partial charge on any atom is -0.303 e.